The maximum atomic E-state index is 12.4. The van der Waals surface area contributed by atoms with E-state index in [1.165, 1.54) is 38.0 Å². The molecule has 0 saturated carbocycles. The van der Waals surface area contributed by atoms with Gasteiger partial charge < -0.3 is 0 Å². The van der Waals surface area contributed by atoms with Gasteiger partial charge >= 0.3 is 123 Å². The minimum atomic E-state index is -1.35. The summed E-state index contributed by atoms with van der Waals surface area (Å²) < 4.78 is 0. The standard InChI is InChI=1S/C17H28NOP/c1-14-9-8-10-15(2)17(14)18-16(19)13-20(3)11-6-4-5-7-12-20/h8-10,20H,4-7,11-13H2,1-3H3,(H,18,19). The van der Waals surface area contributed by atoms with Crippen LogP contribution in [-0.4, -0.2) is 31.1 Å². The molecule has 1 amide bonds. The summed E-state index contributed by atoms with van der Waals surface area (Å²) in [7, 11) is -1.35. The molecule has 0 aliphatic carbocycles. The van der Waals surface area contributed by atoms with Crippen LogP contribution < -0.4 is 5.32 Å². The van der Waals surface area contributed by atoms with Crippen LogP contribution in [0.1, 0.15) is 36.8 Å². The van der Waals surface area contributed by atoms with Crippen molar-refractivity contribution in [3.8, 4) is 0 Å². The summed E-state index contributed by atoms with van der Waals surface area (Å²) in [5.41, 5.74) is 3.33. The van der Waals surface area contributed by atoms with E-state index in [1.54, 1.807) is 0 Å². The molecule has 1 aliphatic rings. The van der Waals surface area contributed by atoms with Crippen molar-refractivity contribution >= 4 is 18.9 Å². The second-order valence-electron chi connectivity index (χ2n) is 6.72. The van der Waals surface area contributed by atoms with Crippen LogP contribution in [0.15, 0.2) is 18.2 Å². The van der Waals surface area contributed by atoms with Crippen molar-refractivity contribution < 1.29 is 4.79 Å². The number of rotatable bonds is 3. The zero-order valence-corrected chi connectivity index (χ0v) is 14.1. The molecule has 0 radical (unpaired) electrons. The van der Waals surface area contributed by atoms with Crippen molar-refractivity contribution in [1.29, 1.82) is 0 Å². The van der Waals surface area contributed by atoms with Gasteiger partial charge in [-0.2, -0.15) is 0 Å². The molecule has 0 atom stereocenters. The summed E-state index contributed by atoms with van der Waals surface area (Å²) in [6.45, 7) is 6.55. The topological polar surface area (TPSA) is 29.1 Å². The van der Waals surface area contributed by atoms with Crippen LogP contribution in [0, 0.1) is 13.8 Å². The Kier molecular flexibility index (Phi) is 5.21. The van der Waals surface area contributed by atoms with Crippen LogP contribution in [0.3, 0.4) is 0 Å². The maximum absolute atomic E-state index is 12.4. The summed E-state index contributed by atoms with van der Waals surface area (Å²) in [6, 6.07) is 6.17. The first-order chi connectivity index (χ1) is 9.50. The Labute approximate surface area is 123 Å². The Morgan fingerprint density at radius 1 is 1.10 bits per heavy atom. The van der Waals surface area contributed by atoms with E-state index in [9.17, 15) is 4.79 Å². The average Bonchev–Trinajstić information content (AvgIpc) is 2.59. The Hall–Kier alpha value is -0.880. The van der Waals surface area contributed by atoms with Crippen LogP contribution in [0.5, 0.6) is 0 Å². The first-order valence-corrected chi connectivity index (χ1v) is 11.0. The molecule has 112 valence electrons. The summed E-state index contributed by atoms with van der Waals surface area (Å²) in [5, 5.41) is 3.17. The second-order valence-corrected chi connectivity index (χ2v) is 11.7. The number of carbonyl (C=O) groups excluding carboxylic acids is 1. The molecule has 0 spiro atoms. The van der Waals surface area contributed by atoms with Gasteiger partial charge in [-0.15, -0.1) is 0 Å². The minimum absolute atomic E-state index is 0.235. The first kappa shape index (κ1) is 15.5. The Morgan fingerprint density at radius 2 is 1.65 bits per heavy atom. The zero-order valence-electron chi connectivity index (χ0n) is 13.1. The van der Waals surface area contributed by atoms with Gasteiger partial charge in [0.25, 0.3) is 0 Å². The fourth-order valence-corrected chi connectivity index (χ4v) is 7.02. The van der Waals surface area contributed by atoms with Crippen molar-refractivity contribution in [3.05, 3.63) is 29.3 Å². The number of aryl methyl sites for hydroxylation is 2. The molecule has 1 aromatic rings. The fraction of sp³-hybridized carbons (Fsp3) is 0.588. The number of amides is 1. The molecule has 1 fully saturated rings. The number of hydrogen-bond donors (Lipinski definition) is 1. The summed E-state index contributed by atoms with van der Waals surface area (Å²) >= 11 is 0. The Balaban J connectivity index is 2.01. The Morgan fingerprint density at radius 3 is 2.20 bits per heavy atom. The third-order valence-electron chi connectivity index (χ3n) is 4.64. The summed E-state index contributed by atoms with van der Waals surface area (Å²) in [5.74, 6) is 0.235. The monoisotopic (exact) mass is 293 g/mol. The Bertz CT molecular complexity index is 456. The van der Waals surface area contributed by atoms with Crippen molar-refractivity contribution in [2.24, 2.45) is 0 Å². The molecular formula is C17H28NOP. The van der Waals surface area contributed by atoms with E-state index in [0.29, 0.717) is 0 Å². The van der Waals surface area contributed by atoms with E-state index < -0.39 is 7.26 Å². The molecule has 0 aromatic heterocycles. The predicted molar refractivity (Wildman–Crippen MR) is 91.9 cm³/mol. The molecular weight excluding hydrogens is 265 g/mol. The quantitative estimate of drug-likeness (QED) is 0.832. The second kappa shape index (κ2) is 6.72. The van der Waals surface area contributed by atoms with E-state index in [2.05, 4.69) is 38.0 Å². The van der Waals surface area contributed by atoms with Gasteiger partial charge in [-0.3, -0.25) is 0 Å². The molecule has 2 rings (SSSR count). The van der Waals surface area contributed by atoms with Gasteiger partial charge in [0.15, 0.2) is 0 Å². The van der Waals surface area contributed by atoms with E-state index in [4.69, 9.17) is 0 Å². The number of hydrogen-bond acceptors (Lipinski definition) is 1. The van der Waals surface area contributed by atoms with E-state index >= 15 is 0 Å². The number of nitrogens with one attached hydrogen (secondary N) is 1. The van der Waals surface area contributed by atoms with E-state index in [0.717, 1.165) is 23.0 Å². The first-order valence-electron chi connectivity index (χ1n) is 7.86. The van der Waals surface area contributed by atoms with Gasteiger partial charge in [-0.05, 0) is 0 Å². The zero-order chi connectivity index (χ0) is 14.6. The third-order valence-corrected chi connectivity index (χ3v) is 8.94. The van der Waals surface area contributed by atoms with Crippen molar-refractivity contribution in [2.45, 2.75) is 39.5 Å². The van der Waals surface area contributed by atoms with Gasteiger partial charge in [0.2, 0.25) is 0 Å². The van der Waals surface area contributed by atoms with E-state index in [1.807, 2.05) is 6.07 Å². The molecule has 1 N–H and O–H groups in total. The van der Waals surface area contributed by atoms with Crippen LogP contribution in [0.4, 0.5) is 5.69 Å². The van der Waals surface area contributed by atoms with E-state index in [-0.39, 0.29) is 5.91 Å². The predicted octanol–water partition coefficient (Wildman–Crippen LogP) is 4.20. The molecule has 0 unspecified atom stereocenters. The number of anilines is 1. The van der Waals surface area contributed by atoms with Gasteiger partial charge in [-0.1, -0.05) is 0 Å². The van der Waals surface area contributed by atoms with Crippen molar-refractivity contribution in [1.82, 2.24) is 0 Å². The molecule has 1 aliphatic heterocycles. The summed E-state index contributed by atoms with van der Waals surface area (Å²) in [4.78, 5) is 12.4. The van der Waals surface area contributed by atoms with Gasteiger partial charge in [-0.25, -0.2) is 0 Å². The molecule has 2 nitrogen and oxygen atoms in total. The molecule has 1 heterocycles. The van der Waals surface area contributed by atoms with Crippen molar-refractivity contribution in [3.63, 3.8) is 0 Å². The van der Waals surface area contributed by atoms with Gasteiger partial charge in [0.1, 0.15) is 0 Å². The average molecular weight is 293 g/mol. The van der Waals surface area contributed by atoms with Gasteiger partial charge in [0, 0.05) is 0 Å². The molecule has 0 bridgehead atoms. The number of carbonyl (C=O) groups is 1. The molecule has 20 heavy (non-hydrogen) atoms. The molecule has 1 saturated heterocycles. The van der Waals surface area contributed by atoms with Crippen molar-refractivity contribution in [2.75, 3.05) is 30.5 Å². The van der Waals surface area contributed by atoms with Crippen LogP contribution >= 0.6 is 7.26 Å². The molecule has 1 aromatic carbocycles. The van der Waals surface area contributed by atoms with Gasteiger partial charge in [0.05, 0.1) is 0 Å². The normalized spacial score (nSPS) is 19.9. The number of para-hydroxylation sites is 1. The SMILES string of the molecule is Cc1cccc(C)c1NC(=O)C[PH]1(C)CCCCCC1. The van der Waals surface area contributed by atoms with Crippen LogP contribution in [0.2, 0.25) is 0 Å². The van der Waals surface area contributed by atoms with Crippen LogP contribution in [-0.2, 0) is 4.79 Å². The number of benzene rings is 1. The summed E-state index contributed by atoms with van der Waals surface area (Å²) in [6.07, 6.45) is 8.84. The molecule has 3 heteroatoms. The third kappa shape index (κ3) is 4.06. The fourth-order valence-electron chi connectivity index (χ4n) is 3.34. The van der Waals surface area contributed by atoms with Crippen LogP contribution in [0.25, 0.3) is 0 Å².